The Kier molecular flexibility index (Phi) is 8.16. The van der Waals surface area contributed by atoms with E-state index >= 15 is 4.39 Å². The van der Waals surface area contributed by atoms with Crippen molar-refractivity contribution in [2.24, 2.45) is 0 Å². The molecule has 0 spiro atoms. The number of piperidine rings is 1. The van der Waals surface area contributed by atoms with Gasteiger partial charge < -0.3 is 10.2 Å². The molecule has 0 radical (unpaired) electrons. The van der Waals surface area contributed by atoms with E-state index in [1.807, 2.05) is 75.0 Å². The van der Waals surface area contributed by atoms with Gasteiger partial charge in [-0.05, 0) is 50.9 Å². The summed E-state index contributed by atoms with van der Waals surface area (Å²) >= 11 is 6.02. The molecule has 1 saturated heterocycles. The van der Waals surface area contributed by atoms with Crippen molar-refractivity contribution in [3.05, 3.63) is 64.2 Å². The topological polar surface area (TPSA) is 45.2 Å². The van der Waals surface area contributed by atoms with Crippen LogP contribution in [-0.2, 0) is 11.7 Å². The third-order valence-electron chi connectivity index (χ3n) is 9.89. The summed E-state index contributed by atoms with van der Waals surface area (Å²) in [6.45, 7) is 0.521. The highest BCUT2D eigenvalue weighted by Crippen LogP contribution is 2.64. The second-order valence-electron chi connectivity index (χ2n) is 13.8. The summed E-state index contributed by atoms with van der Waals surface area (Å²) in [5.74, 6) is -0.890. The van der Waals surface area contributed by atoms with Crippen LogP contribution in [0.1, 0.15) is 21.6 Å². The first kappa shape index (κ1) is 31.2. The number of aromatic nitrogens is 1. The van der Waals surface area contributed by atoms with Gasteiger partial charge in [-0.25, -0.2) is 8.78 Å². The molecule has 0 bridgehead atoms. The second kappa shape index (κ2) is 9.94. The SMILES string of the molecule is BC(B)(B)c1ccc(CNCC2(F)C(B)(B)C(B)(B)N(C(=O)c3ccc(F)c(Cl)c3)C(B)(B)C2(B)B)nc1. The van der Waals surface area contributed by atoms with Crippen LogP contribution >= 0.6 is 11.6 Å². The Labute approximate surface area is 241 Å². The predicted molar refractivity (Wildman–Crippen MR) is 184 cm³/mol. The Morgan fingerprint density at radius 2 is 1.53 bits per heavy atom. The average molecular weight is 524 g/mol. The Morgan fingerprint density at radius 3 is 1.97 bits per heavy atom. The minimum Gasteiger partial charge on any atom is -0.361 e. The summed E-state index contributed by atoms with van der Waals surface area (Å²) < 4.78 is 31.6. The number of alkyl halides is 1. The highest BCUT2D eigenvalue weighted by atomic mass is 35.5. The molecular weight excluding hydrogens is 491 g/mol. The minimum atomic E-state index is -1.71. The van der Waals surface area contributed by atoms with Crippen LogP contribution in [0.3, 0.4) is 0 Å². The lowest BCUT2D eigenvalue weighted by atomic mass is 9.15. The number of nitrogens with one attached hydrogen (secondary N) is 1. The molecule has 188 valence electrons. The van der Waals surface area contributed by atoms with Gasteiger partial charge in [0.25, 0.3) is 5.91 Å². The molecule has 1 aliphatic rings. The van der Waals surface area contributed by atoms with E-state index in [1.54, 1.807) is 4.90 Å². The molecule has 1 aromatic heterocycles. The fraction of sp³-hybridized carbons (Fsp3) is 0.400. The summed E-state index contributed by atoms with van der Waals surface area (Å²) in [5.41, 5.74) is 0.554. The maximum Gasteiger partial charge on any atom is 0.252 e. The maximum atomic E-state index is 17.7. The Hall–Kier alpha value is -1.34. The molecule has 0 aliphatic carbocycles. The van der Waals surface area contributed by atoms with Crippen LogP contribution in [0.15, 0.2) is 36.5 Å². The molecule has 1 N–H and O–H groups in total. The van der Waals surface area contributed by atoms with Gasteiger partial charge in [0.2, 0.25) is 0 Å². The lowest BCUT2D eigenvalue weighted by Crippen LogP contribution is -2.85. The molecule has 0 atom stereocenters. The fourth-order valence-corrected chi connectivity index (χ4v) is 6.23. The largest absolute Gasteiger partial charge is 0.361 e. The Morgan fingerprint density at radius 1 is 0.974 bits per heavy atom. The zero-order valence-corrected chi connectivity index (χ0v) is 25.6. The lowest BCUT2D eigenvalue weighted by molar-refractivity contribution is -0.0187. The van der Waals surface area contributed by atoms with Crippen LogP contribution in [0.5, 0.6) is 0 Å². The Bertz CT molecular complexity index is 1200. The van der Waals surface area contributed by atoms with Gasteiger partial charge in [-0.3, -0.25) is 9.78 Å². The van der Waals surface area contributed by atoms with Crippen molar-refractivity contribution < 1.29 is 13.6 Å². The molecule has 4 nitrogen and oxygen atoms in total. The second-order valence-corrected chi connectivity index (χ2v) is 14.2. The summed E-state index contributed by atoms with van der Waals surface area (Å²) in [6.07, 6.45) is 1.88. The van der Waals surface area contributed by atoms with Crippen molar-refractivity contribution in [2.75, 3.05) is 6.54 Å². The average Bonchev–Trinajstić information content (AvgIpc) is 2.79. The minimum absolute atomic E-state index is 0.0117. The summed E-state index contributed by atoms with van der Waals surface area (Å²) in [7, 11) is 21.6. The molecule has 3 rings (SSSR count). The molecule has 0 unspecified atom stereocenters. The molecule has 2 aromatic rings. The summed E-state index contributed by atoms with van der Waals surface area (Å²) in [4.78, 5) is 20.3. The number of carbonyl (C=O) groups is 1. The standard InChI is InChI=1S/C20H33B11ClF2N3O/c21-16(22,23)10-2-3-11(36-6-10)7-35-8-15(34)17(24,25)19(28,29)37(20(30,31)18(15,26)27)14(38)9-1-4-13(33)12(32)5-9/h1-6,35H,7-8,21-31H2. The quantitative estimate of drug-likeness (QED) is 0.383. The number of nitrogens with zero attached hydrogens (tertiary/aromatic N) is 2. The van der Waals surface area contributed by atoms with Crippen LogP contribution in [0.4, 0.5) is 8.78 Å². The van der Waals surface area contributed by atoms with Crippen LogP contribution < -0.4 is 5.32 Å². The number of pyridine rings is 1. The number of amides is 1. The number of hydrogen-bond acceptors (Lipinski definition) is 3. The van der Waals surface area contributed by atoms with Crippen LogP contribution in [-0.4, -0.2) is 125 Å². The van der Waals surface area contributed by atoms with Gasteiger partial charge in [0.05, 0.1) is 34.3 Å². The highest BCUT2D eigenvalue weighted by Gasteiger charge is 2.71. The van der Waals surface area contributed by atoms with E-state index in [1.165, 1.54) is 18.2 Å². The zero-order chi connectivity index (χ0) is 29.1. The molecule has 2 heterocycles. The van der Waals surface area contributed by atoms with Crippen molar-refractivity contribution in [1.29, 1.82) is 0 Å². The summed E-state index contributed by atoms with van der Waals surface area (Å²) in [5, 5.41) is -0.531. The van der Waals surface area contributed by atoms with E-state index in [9.17, 15) is 9.18 Å². The zero-order valence-electron chi connectivity index (χ0n) is 24.8. The van der Waals surface area contributed by atoms with Gasteiger partial charge in [-0.1, -0.05) is 22.8 Å². The molecule has 1 amide bonds. The number of carbonyl (C=O) groups excluding carboxylic acids is 1. The van der Waals surface area contributed by atoms with E-state index in [0.29, 0.717) is 6.54 Å². The molecule has 1 fully saturated rings. The van der Waals surface area contributed by atoms with E-state index in [-0.39, 0.29) is 28.2 Å². The third kappa shape index (κ3) is 4.78. The first-order chi connectivity index (χ1) is 17.1. The van der Waals surface area contributed by atoms with Gasteiger partial charge in [0, 0.05) is 24.8 Å². The van der Waals surface area contributed by atoms with Crippen molar-refractivity contribution in [2.45, 2.75) is 38.4 Å². The van der Waals surface area contributed by atoms with Crippen molar-refractivity contribution >= 4 is 104 Å². The summed E-state index contributed by atoms with van der Waals surface area (Å²) in [6, 6.07) is 8.04. The van der Waals surface area contributed by atoms with Gasteiger partial charge in [0.15, 0.2) is 0 Å². The van der Waals surface area contributed by atoms with Crippen LogP contribution in [0, 0.1) is 5.82 Å². The smallest absolute Gasteiger partial charge is 0.252 e. The molecular formula is C20H33B11ClF2N3O. The first-order valence-electron chi connectivity index (χ1n) is 13.3. The number of likely N-dealkylation sites (tertiary alicyclic amines) is 1. The van der Waals surface area contributed by atoms with Gasteiger partial charge in [-0.2, -0.15) is 0 Å². The fourth-order valence-electron chi connectivity index (χ4n) is 6.05. The first-order valence-corrected chi connectivity index (χ1v) is 13.7. The number of halogens is 3. The number of hydrogen-bond donors (Lipinski definition) is 1. The van der Waals surface area contributed by atoms with E-state index in [4.69, 9.17) is 11.6 Å². The molecule has 1 aromatic carbocycles. The monoisotopic (exact) mass is 525 g/mol. The number of rotatable bonds is 6. The Balaban J connectivity index is 1.96. The van der Waals surface area contributed by atoms with Crippen LogP contribution in [0.2, 0.25) is 15.5 Å². The molecule has 1 aliphatic heterocycles. The molecule has 0 saturated carbocycles. The highest BCUT2D eigenvalue weighted by molar-refractivity contribution is 6.62. The van der Waals surface area contributed by atoms with Crippen molar-refractivity contribution in [3.63, 3.8) is 0 Å². The third-order valence-corrected chi connectivity index (χ3v) is 10.2. The molecule has 38 heavy (non-hydrogen) atoms. The maximum absolute atomic E-state index is 17.7. The van der Waals surface area contributed by atoms with E-state index in [2.05, 4.69) is 39.9 Å². The number of benzene rings is 1. The van der Waals surface area contributed by atoms with E-state index in [0.717, 1.165) is 11.3 Å². The normalized spacial score (nSPS) is 21.0. The molecule has 18 heteroatoms. The van der Waals surface area contributed by atoms with Crippen LogP contribution in [0.25, 0.3) is 0 Å². The lowest BCUT2D eigenvalue weighted by Gasteiger charge is -2.74. The van der Waals surface area contributed by atoms with Gasteiger partial charge in [-0.15, -0.1) is 0 Å². The predicted octanol–water partition coefficient (Wildman–Crippen LogP) is -7.56. The van der Waals surface area contributed by atoms with Crippen molar-refractivity contribution in [1.82, 2.24) is 15.2 Å². The van der Waals surface area contributed by atoms with Crippen molar-refractivity contribution in [3.8, 4) is 0 Å². The van der Waals surface area contributed by atoms with Gasteiger partial charge in [0.1, 0.15) is 74.3 Å². The van der Waals surface area contributed by atoms with E-state index < -0.39 is 32.6 Å². The van der Waals surface area contributed by atoms with Gasteiger partial charge >= 0.3 is 0 Å².